The molecule has 0 saturated heterocycles. The van der Waals surface area contributed by atoms with Crippen LogP contribution in [0.25, 0.3) is 10.9 Å². The highest BCUT2D eigenvalue weighted by atomic mass is 35.5. The van der Waals surface area contributed by atoms with Crippen molar-refractivity contribution in [2.45, 2.75) is 25.3 Å². The third-order valence-electron chi connectivity index (χ3n) is 5.46. The highest BCUT2D eigenvalue weighted by molar-refractivity contribution is 6.31. The first-order chi connectivity index (χ1) is 12.8. The van der Waals surface area contributed by atoms with Crippen LogP contribution in [0, 0.1) is 0 Å². The normalized spacial score (nSPS) is 20.3. The largest absolute Gasteiger partial charge is 0.467 e. The summed E-state index contributed by atoms with van der Waals surface area (Å²) in [4.78, 5) is 6.16. The van der Waals surface area contributed by atoms with Gasteiger partial charge in [0.25, 0.3) is 0 Å². The van der Waals surface area contributed by atoms with Crippen molar-refractivity contribution in [3.05, 3.63) is 82.4 Å². The number of benzene rings is 1. The number of nitrogens with one attached hydrogen (secondary N) is 1. The molecule has 2 aromatic heterocycles. The van der Waals surface area contributed by atoms with Crippen LogP contribution in [0.1, 0.15) is 35.9 Å². The number of hydrogen-bond acceptors (Lipinski definition) is 2. The average molecular weight is 365 g/mol. The van der Waals surface area contributed by atoms with Crippen molar-refractivity contribution in [3.63, 3.8) is 0 Å². The molecular weight excluding hydrogens is 344 g/mol. The number of allylic oxidation sites excluding steroid dienone is 2. The molecule has 1 atom stereocenters. The van der Waals surface area contributed by atoms with Crippen LogP contribution < -0.4 is 0 Å². The van der Waals surface area contributed by atoms with Gasteiger partial charge >= 0.3 is 0 Å². The van der Waals surface area contributed by atoms with Gasteiger partial charge in [0.15, 0.2) is 0 Å². The maximum atomic E-state index is 6.25. The summed E-state index contributed by atoms with van der Waals surface area (Å²) < 4.78 is 5.84. The Morgan fingerprint density at radius 2 is 2.19 bits per heavy atom. The number of furan rings is 1. The van der Waals surface area contributed by atoms with Gasteiger partial charge < -0.3 is 9.40 Å². The minimum atomic E-state index is 0.108. The fraction of sp³-hybridized carbons (Fsp3) is 0.273. The Bertz CT molecular complexity index is 997. The number of aromatic amines is 1. The molecular formula is C22H21ClN2O. The Hall–Kier alpha value is -2.23. The van der Waals surface area contributed by atoms with E-state index in [-0.39, 0.29) is 6.04 Å². The highest BCUT2D eigenvalue weighted by Crippen LogP contribution is 2.39. The van der Waals surface area contributed by atoms with Crippen LogP contribution in [0.3, 0.4) is 0 Å². The summed E-state index contributed by atoms with van der Waals surface area (Å²) in [6, 6.07) is 10.3. The standard InChI is InChI=1S/C22H21ClN2O/c23-16-8-9-19-18(13-16)17-10-11-25(14-15-5-2-1-3-6-15)22(21(17)24-19)20-7-4-12-26-20/h2,4-9,12-13,22,24H,1,3,10-11,14H2. The Kier molecular flexibility index (Phi) is 3.99. The minimum Gasteiger partial charge on any atom is -0.467 e. The van der Waals surface area contributed by atoms with Crippen LogP contribution in [0.2, 0.25) is 5.02 Å². The van der Waals surface area contributed by atoms with Gasteiger partial charge in [0.1, 0.15) is 11.8 Å². The van der Waals surface area contributed by atoms with Gasteiger partial charge in [-0.05, 0) is 60.7 Å². The van der Waals surface area contributed by atoms with Gasteiger partial charge in [-0.15, -0.1) is 0 Å². The van der Waals surface area contributed by atoms with Crippen molar-refractivity contribution in [2.24, 2.45) is 0 Å². The Morgan fingerprint density at radius 1 is 1.23 bits per heavy atom. The van der Waals surface area contributed by atoms with E-state index in [1.54, 1.807) is 6.26 Å². The molecule has 0 spiro atoms. The van der Waals surface area contributed by atoms with E-state index in [9.17, 15) is 0 Å². The lowest BCUT2D eigenvalue weighted by molar-refractivity contribution is 0.206. The van der Waals surface area contributed by atoms with E-state index >= 15 is 0 Å². The Morgan fingerprint density at radius 3 is 3.00 bits per heavy atom. The molecule has 1 aliphatic carbocycles. The van der Waals surface area contributed by atoms with Gasteiger partial charge in [-0.1, -0.05) is 29.8 Å². The molecule has 1 unspecified atom stereocenters. The van der Waals surface area contributed by atoms with E-state index < -0.39 is 0 Å². The van der Waals surface area contributed by atoms with Crippen LogP contribution in [0.5, 0.6) is 0 Å². The fourth-order valence-electron chi connectivity index (χ4n) is 4.27. The molecule has 26 heavy (non-hydrogen) atoms. The molecule has 3 heterocycles. The van der Waals surface area contributed by atoms with Gasteiger partial charge in [-0.25, -0.2) is 0 Å². The predicted octanol–water partition coefficient (Wildman–Crippen LogP) is 5.64. The zero-order valence-corrected chi connectivity index (χ0v) is 15.3. The summed E-state index contributed by atoms with van der Waals surface area (Å²) in [5.41, 5.74) is 5.15. The number of halogens is 1. The first-order valence-electron chi connectivity index (χ1n) is 9.22. The van der Waals surface area contributed by atoms with Crippen molar-refractivity contribution in [2.75, 3.05) is 13.1 Å². The monoisotopic (exact) mass is 364 g/mol. The van der Waals surface area contributed by atoms with Gasteiger partial charge in [0.2, 0.25) is 0 Å². The van der Waals surface area contributed by atoms with Gasteiger partial charge in [0.05, 0.1) is 6.26 Å². The van der Waals surface area contributed by atoms with E-state index in [1.807, 2.05) is 12.1 Å². The molecule has 5 rings (SSSR count). The van der Waals surface area contributed by atoms with Crippen molar-refractivity contribution >= 4 is 22.5 Å². The van der Waals surface area contributed by atoms with Crippen LogP contribution in [0.15, 0.2) is 64.8 Å². The molecule has 0 amide bonds. The first-order valence-corrected chi connectivity index (χ1v) is 9.60. The zero-order chi connectivity index (χ0) is 17.5. The lowest BCUT2D eigenvalue weighted by atomic mass is 9.94. The van der Waals surface area contributed by atoms with Crippen LogP contribution in [0.4, 0.5) is 0 Å². The SMILES string of the molecule is Clc1ccc2[nH]c3c(c2c1)CCN(CC1=CCCC=C1)C3c1ccco1. The maximum Gasteiger partial charge on any atom is 0.126 e. The molecule has 4 heteroatoms. The lowest BCUT2D eigenvalue weighted by Crippen LogP contribution is -2.37. The quantitative estimate of drug-likeness (QED) is 0.652. The number of rotatable bonds is 3. The second-order valence-corrected chi connectivity index (χ2v) is 7.54. The van der Waals surface area contributed by atoms with Crippen LogP contribution >= 0.6 is 11.6 Å². The molecule has 1 N–H and O–H groups in total. The number of hydrogen-bond donors (Lipinski definition) is 1. The van der Waals surface area contributed by atoms with E-state index in [0.29, 0.717) is 0 Å². The summed E-state index contributed by atoms with van der Waals surface area (Å²) in [6.07, 6.45) is 12.0. The van der Waals surface area contributed by atoms with Gasteiger partial charge in [0, 0.05) is 34.7 Å². The van der Waals surface area contributed by atoms with E-state index in [2.05, 4.69) is 46.3 Å². The summed E-state index contributed by atoms with van der Waals surface area (Å²) in [7, 11) is 0. The summed E-state index contributed by atoms with van der Waals surface area (Å²) in [5, 5.41) is 2.02. The number of fused-ring (bicyclic) bond motifs is 3. The van der Waals surface area contributed by atoms with E-state index in [0.717, 1.165) is 48.7 Å². The Balaban J connectivity index is 1.60. The lowest BCUT2D eigenvalue weighted by Gasteiger charge is -2.35. The summed E-state index contributed by atoms with van der Waals surface area (Å²) >= 11 is 6.25. The Labute approximate surface area is 157 Å². The summed E-state index contributed by atoms with van der Waals surface area (Å²) in [6.45, 7) is 1.94. The number of aromatic nitrogens is 1. The third-order valence-corrected chi connectivity index (χ3v) is 5.69. The number of H-pyrrole nitrogens is 1. The predicted molar refractivity (Wildman–Crippen MR) is 106 cm³/mol. The van der Waals surface area contributed by atoms with Crippen molar-refractivity contribution in [1.29, 1.82) is 0 Å². The minimum absolute atomic E-state index is 0.108. The average Bonchev–Trinajstić information content (AvgIpc) is 3.30. The molecule has 0 bridgehead atoms. The molecule has 0 fully saturated rings. The van der Waals surface area contributed by atoms with Crippen molar-refractivity contribution in [1.82, 2.24) is 9.88 Å². The maximum absolute atomic E-state index is 6.25. The van der Waals surface area contributed by atoms with Crippen molar-refractivity contribution < 1.29 is 4.42 Å². The molecule has 3 aromatic rings. The molecule has 2 aliphatic rings. The second-order valence-electron chi connectivity index (χ2n) is 7.10. The fourth-order valence-corrected chi connectivity index (χ4v) is 4.44. The van der Waals surface area contributed by atoms with E-state index in [4.69, 9.17) is 16.0 Å². The highest BCUT2D eigenvalue weighted by Gasteiger charge is 2.33. The molecule has 1 aromatic carbocycles. The molecule has 3 nitrogen and oxygen atoms in total. The zero-order valence-electron chi connectivity index (χ0n) is 14.5. The second kappa shape index (κ2) is 6.49. The van der Waals surface area contributed by atoms with E-state index in [1.165, 1.54) is 22.2 Å². The summed E-state index contributed by atoms with van der Waals surface area (Å²) in [5.74, 6) is 0.990. The van der Waals surface area contributed by atoms with Gasteiger partial charge in [-0.2, -0.15) is 0 Å². The van der Waals surface area contributed by atoms with Crippen LogP contribution in [-0.2, 0) is 6.42 Å². The molecule has 1 aliphatic heterocycles. The van der Waals surface area contributed by atoms with Crippen LogP contribution in [-0.4, -0.2) is 23.0 Å². The van der Waals surface area contributed by atoms with Gasteiger partial charge in [-0.3, -0.25) is 4.90 Å². The smallest absolute Gasteiger partial charge is 0.126 e. The third kappa shape index (κ3) is 2.72. The van der Waals surface area contributed by atoms with Crippen molar-refractivity contribution in [3.8, 4) is 0 Å². The topological polar surface area (TPSA) is 32.2 Å². The number of nitrogens with zero attached hydrogens (tertiary/aromatic N) is 1. The first kappa shape index (κ1) is 16.0. The molecule has 0 saturated carbocycles. The molecule has 0 radical (unpaired) electrons. The molecule has 132 valence electrons.